The van der Waals surface area contributed by atoms with Crippen molar-refractivity contribution in [2.24, 2.45) is 0 Å². The van der Waals surface area contributed by atoms with E-state index in [1.165, 1.54) is 24.3 Å². The van der Waals surface area contributed by atoms with Crippen molar-refractivity contribution in [3.63, 3.8) is 0 Å². The molecule has 1 aliphatic rings. The Bertz CT molecular complexity index is 755. The minimum atomic E-state index is -0.747. The molecular weight excluding hydrogens is 323 g/mol. The molecule has 1 saturated carbocycles. The summed E-state index contributed by atoms with van der Waals surface area (Å²) in [5, 5.41) is 5.63. The lowest BCUT2D eigenvalue weighted by Crippen LogP contribution is -2.30. The van der Waals surface area contributed by atoms with Crippen LogP contribution in [-0.4, -0.2) is 24.0 Å². The molecule has 0 aliphatic heterocycles. The molecule has 6 heteroatoms. The number of halogens is 1. The van der Waals surface area contributed by atoms with Crippen LogP contribution in [0.25, 0.3) is 0 Å². The summed E-state index contributed by atoms with van der Waals surface area (Å²) in [5.74, 6) is -0.390. The van der Waals surface area contributed by atoms with Crippen LogP contribution >= 0.6 is 0 Å². The predicted molar refractivity (Wildman–Crippen MR) is 92.0 cm³/mol. The molecule has 1 aliphatic carbocycles. The first-order chi connectivity index (χ1) is 12.0. The summed E-state index contributed by atoms with van der Waals surface area (Å²) in [5.41, 5.74) is 1.13. The lowest BCUT2D eigenvalue weighted by molar-refractivity contribution is -0.122. The molecule has 0 heterocycles. The Morgan fingerprint density at radius 3 is 2.32 bits per heavy atom. The Balaban J connectivity index is 1.54. The number of benzene rings is 2. The number of ether oxygens (including phenoxy) is 1. The van der Waals surface area contributed by atoms with Gasteiger partial charge in [0, 0.05) is 17.3 Å². The highest BCUT2D eigenvalue weighted by Gasteiger charge is 2.23. The van der Waals surface area contributed by atoms with Gasteiger partial charge in [-0.1, -0.05) is 0 Å². The number of anilines is 1. The molecule has 2 aromatic carbocycles. The smallest absolute Gasteiger partial charge is 0.265 e. The van der Waals surface area contributed by atoms with Crippen LogP contribution in [0.5, 0.6) is 5.75 Å². The Morgan fingerprint density at radius 1 is 1.08 bits per heavy atom. The normalized spacial score (nSPS) is 14.5. The van der Waals surface area contributed by atoms with E-state index < -0.39 is 6.10 Å². The van der Waals surface area contributed by atoms with Crippen molar-refractivity contribution in [2.45, 2.75) is 31.9 Å². The topological polar surface area (TPSA) is 67.4 Å². The summed E-state index contributed by atoms with van der Waals surface area (Å²) in [6, 6.07) is 12.4. The first-order valence-electron chi connectivity index (χ1n) is 8.15. The summed E-state index contributed by atoms with van der Waals surface area (Å²) < 4.78 is 18.3. The van der Waals surface area contributed by atoms with Gasteiger partial charge in [0.25, 0.3) is 11.8 Å². The number of hydrogen-bond donors (Lipinski definition) is 2. The van der Waals surface area contributed by atoms with E-state index in [9.17, 15) is 14.0 Å². The van der Waals surface area contributed by atoms with Crippen molar-refractivity contribution in [1.82, 2.24) is 5.32 Å². The second-order valence-electron chi connectivity index (χ2n) is 6.03. The number of amides is 2. The summed E-state index contributed by atoms with van der Waals surface area (Å²) in [4.78, 5) is 24.1. The molecule has 0 bridgehead atoms. The van der Waals surface area contributed by atoms with Gasteiger partial charge in [-0.05, 0) is 68.3 Å². The Labute approximate surface area is 145 Å². The van der Waals surface area contributed by atoms with Crippen LogP contribution in [0.3, 0.4) is 0 Å². The third-order valence-electron chi connectivity index (χ3n) is 3.82. The highest BCUT2D eigenvalue weighted by molar-refractivity contribution is 5.97. The third-order valence-corrected chi connectivity index (χ3v) is 3.82. The molecule has 0 saturated heterocycles. The van der Waals surface area contributed by atoms with Crippen molar-refractivity contribution in [3.05, 3.63) is 59.9 Å². The standard InChI is InChI=1S/C19H19FN2O3/c1-12(25-17-10-4-14(20)5-11-17)18(23)21-15-6-2-13(3-7-15)19(24)22-16-8-9-16/h2-7,10-12,16H,8-9H2,1H3,(H,21,23)(H,22,24)/t12-/m0/s1. The lowest BCUT2D eigenvalue weighted by atomic mass is 10.2. The first kappa shape index (κ1) is 17.0. The van der Waals surface area contributed by atoms with E-state index in [4.69, 9.17) is 4.74 Å². The van der Waals surface area contributed by atoms with Crippen molar-refractivity contribution in [2.75, 3.05) is 5.32 Å². The van der Waals surface area contributed by atoms with E-state index in [2.05, 4.69) is 10.6 Å². The predicted octanol–water partition coefficient (Wildman–Crippen LogP) is 3.12. The van der Waals surface area contributed by atoms with E-state index in [-0.39, 0.29) is 17.6 Å². The van der Waals surface area contributed by atoms with Crippen molar-refractivity contribution in [1.29, 1.82) is 0 Å². The van der Waals surface area contributed by atoms with Gasteiger partial charge < -0.3 is 15.4 Å². The van der Waals surface area contributed by atoms with E-state index in [1.54, 1.807) is 31.2 Å². The molecular formula is C19H19FN2O3. The van der Waals surface area contributed by atoms with Crippen LogP contribution in [-0.2, 0) is 4.79 Å². The van der Waals surface area contributed by atoms with Gasteiger partial charge in [0.1, 0.15) is 11.6 Å². The summed E-state index contributed by atoms with van der Waals surface area (Å²) >= 11 is 0. The van der Waals surface area contributed by atoms with E-state index in [0.717, 1.165) is 12.8 Å². The van der Waals surface area contributed by atoms with Crippen LogP contribution < -0.4 is 15.4 Å². The maximum absolute atomic E-state index is 12.9. The molecule has 0 radical (unpaired) electrons. The zero-order valence-corrected chi connectivity index (χ0v) is 13.8. The minimum absolute atomic E-state index is 0.103. The lowest BCUT2D eigenvalue weighted by Gasteiger charge is -2.15. The molecule has 3 rings (SSSR count). The summed E-state index contributed by atoms with van der Waals surface area (Å²) in [7, 11) is 0. The second kappa shape index (κ2) is 7.34. The number of hydrogen-bond acceptors (Lipinski definition) is 3. The number of carbonyl (C=O) groups is 2. The van der Waals surface area contributed by atoms with Crippen molar-refractivity contribution >= 4 is 17.5 Å². The summed E-state index contributed by atoms with van der Waals surface area (Å²) in [6.07, 6.45) is 1.32. The number of rotatable bonds is 6. The molecule has 1 atom stereocenters. The van der Waals surface area contributed by atoms with Gasteiger partial charge in [-0.25, -0.2) is 4.39 Å². The average molecular weight is 342 g/mol. The van der Waals surface area contributed by atoms with Crippen LogP contribution in [0, 0.1) is 5.82 Å². The number of nitrogens with one attached hydrogen (secondary N) is 2. The van der Waals surface area contributed by atoms with Gasteiger partial charge in [0.15, 0.2) is 6.10 Å². The zero-order valence-electron chi connectivity index (χ0n) is 13.8. The van der Waals surface area contributed by atoms with Crippen molar-refractivity contribution < 1.29 is 18.7 Å². The van der Waals surface area contributed by atoms with Crippen LogP contribution in [0.1, 0.15) is 30.1 Å². The third kappa shape index (κ3) is 4.79. The van der Waals surface area contributed by atoms with E-state index in [1.807, 2.05) is 0 Å². The molecule has 5 nitrogen and oxygen atoms in total. The fourth-order valence-corrected chi connectivity index (χ4v) is 2.22. The maximum atomic E-state index is 12.9. The zero-order chi connectivity index (χ0) is 17.8. The molecule has 2 amide bonds. The summed E-state index contributed by atoms with van der Waals surface area (Å²) in [6.45, 7) is 1.61. The SMILES string of the molecule is C[C@H](Oc1ccc(F)cc1)C(=O)Nc1ccc(C(=O)NC2CC2)cc1. The minimum Gasteiger partial charge on any atom is -0.481 e. The maximum Gasteiger partial charge on any atom is 0.265 e. The molecule has 25 heavy (non-hydrogen) atoms. The first-order valence-corrected chi connectivity index (χ1v) is 8.15. The molecule has 0 spiro atoms. The van der Waals surface area contributed by atoms with Crippen LogP contribution in [0.4, 0.5) is 10.1 Å². The average Bonchev–Trinajstić information content (AvgIpc) is 3.41. The van der Waals surface area contributed by atoms with Crippen molar-refractivity contribution in [3.8, 4) is 5.75 Å². The van der Waals surface area contributed by atoms with Crippen LogP contribution in [0.2, 0.25) is 0 Å². The fourth-order valence-electron chi connectivity index (χ4n) is 2.22. The molecule has 2 N–H and O–H groups in total. The monoisotopic (exact) mass is 342 g/mol. The fraction of sp³-hybridized carbons (Fsp3) is 0.263. The van der Waals surface area contributed by atoms with E-state index >= 15 is 0 Å². The second-order valence-corrected chi connectivity index (χ2v) is 6.03. The molecule has 1 fully saturated rings. The van der Waals surface area contributed by atoms with Gasteiger partial charge >= 0.3 is 0 Å². The van der Waals surface area contributed by atoms with Crippen LogP contribution in [0.15, 0.2) is 48.5 Å². The molecule has 2 aromatic rings. The quantitative estimate of drug-likeness (QED) is 0.847. The van der Waals surface area contributed by atoms with Gasteiger partial charge in [-0.2, -0.15) is 0 Å². The Hall–Kier alpha value is -2.89. The largest absolute Gasteiger partial charge is 0.481 e. The molecule has 0 unspecified atom stereocenters. The van der Waals surface area contributed by atoms with E-state index in [0.29, 0.717) is 23.0 Å². The highest BCUT2D eigenvalue weighted by atomic mass is 19.1. The van der Waals surface area contributed by atoms with Gasteiger partial charge in [0.2, 0.25) is 0 Å². The van der Waals surface area contributed by atoms with Gasteiger partial charge in [-0.3, -0.25) is 9.59 Å². The van der Waals surface area contributed by atoms with Gasteiger partial charge in [-0.15, -0.1) is 0 Å². The highest BCUT2D eigenvalue weighted by Crippen LogP contribution is 2.20. The Morgan fingerprint density at radius 2 is 1.72 bits per heavy atom. The molecule has 0 aromatic heterocycles. The Kier molecular flexibility index (Phi) is 4.97. The molecule has 130 valence electrons. The van der Waals surface area contributed by atoms with Gasteiger partial charge in [0.05, 0.1) is 0 Å². The number of carbonyl (C=O) groups excluding carboxylic acids is 2.